The van der Waals surface area contributed by atoms with E-state index in [0.717, 1.165) is 26.2 Å². The molecule has 0 unspecified atom stereocenters. The summed E-state index contributed by atoms with van der Waals surface area (Å²) < 4.78 is 6.95. The van der Waals surface area contributed by atoms with Crippen molar-refractivity contribution < 1.29 is 4.12 Å². The van der Waals surface area contributed by atoms with Gasteiger partial charge in [-0.15, -0.1) is 0 Å². The Morgan fingerprint density at radius 1 is 0.613 bits per heavy atom. The zero-order valence-electron chi connectivity index (χ0n) is 20.7. The van der Waals surface area contributed by atoms with Crippen LogP contribution in [-0.4, -0.2) is 29.7 Å². The predicted octanol–water partition coefficient (Wildman–Crippen LogP) is 5.01. The molecule has 31 heavy (non-hydrogen) atoms. The van der Waals surface area contributed by atoms with Crippen molar-refractivity contribution in [1.82, 2.24) is 10.6 Å². The maximum absolute atomic E-state index is 6.95. The Labute approximate surface area is 193 Å². The smallest absolute Gasteiger partial charge is 0.206 e. The topological polar surface area (TPSA) is 33.3 Å². The lowest BCUT2D eigenvalue weighted by molar-refractivity contribution is 0.573. The molecule has 172 valence electrons. The van der Waals surface area contributed by atoms with Gasteiger partial charge in [-0.3, -0.25) is 0 Å². The first-order valence-electron chi connectivity index (χ1n) is 12.1. The normalized spacial score (nSPS) is 12.3. The summed E-state index contributed by atoms with van der Waals surface area (Å²) in [5, 5.41) is 9.81. The van der Waals surface area contributed by atoms with Gasteiger partial charge >= 0.3 is 0 Å². The highest BCUT2D eigenvalue weighted by Crippen LogP contribution is 2.16. The quantitative estimate of drug-likeness (QED) is 0.310. The summed E-state index contributed by atoms with van der Waals surface area (Å²) in [6, 6.07) is 18.2. The third kappa shape index (κ3) is 8.66. The van der Waals surface area contributed by atoms with Crippen LogP contribution >= 0.6 is 0 Å². The van der Waals surface area contributed by atoms with Crippen molar-refractivity contribution in [1.29, 1.82) is 0 Å². The van der Waals surface area contributed by atoms with Crippen LogP contribution in [0.3, 0.4) is 0 Å². The molecule has 0 aliphatic rings. The van der Waals surface area contributed by atoms with Crippen LogP contribution in [0.4, 0.5) is 0 Å². The minimum atomic E-state index is -1.98. The van der Waals surface area contributed by atoms with Gasteiger partial charge in [0.15, 0.2) is 0 Å². The first kappa shape index (κ1) is 26.0. The molecule has 0 atom stereocenters. The van der Waals surface area contributed by atoms with Crippen molar-refractivity contribution in [3.63, 3.8) is 0 Å². The van der Waals surface area contributed by atoms with Crippen molar-refractivity contribution in [3.8, 4) is 0 Å². The number of hydrogen-bond acceptors (Lipinski definition) is 3. The summed E-state index contributed by atoms with van der Waals surface area (Å²) in [4.78, 5) is 0. The molecule has 0 aliphatic carbocycles. The lowest BCUT2D eigenvalue weighted by Gasteiger charge is -2.34. The molecule has 2 N–H and O–H groups in total. The van der Waals surface area contributed by atoms with Gasteiger partial charge in [-0.05, 0) is 73.6 Å². The van der Waals surface area contributed by atoms with E-state index >= 15 is 0 Å². The lowest BCUT2D eigenvalue weighted by atomic mass is 10.2. The van der Waals surface area contributed by atoms with E-state index in [1.54, 1.807) is 0 Å². The van der Waals surface area contributed by atoms with Crippen LogP contribution in [0.25, 0.3) is 0 Å². The Morgan fingerprint density at radius 2 is 0.968 bits per heavy atom. The average molecular weight is 457 g/mol. The molecular weight excluding hydrogens is 412 g/mol. The van der Waals surface area contributed by atoms with Gasteiger partial charge in [-0.1, -0.05) is 75.2 Å². The molecule has 3 nitrogen and oxygen atoms in total. The molecule has 2 aromatic carbocycles. The van der Waals surface area contributed by atoms with Crippen LogP contribution in [0.1, 0.15) is 50.7 Å². The molecule has 0 radical (unpaired) electrons. The van der Waals surface area contributed by atoms with Gasteiger partial charge in [0.2, 0.25) is 16.6 Å². The van der Waals surface area contributed by atoms with Crippen LogP contribution in [-0.2, 0) is 17.2 Å². The molecular formula is C26H44N2OSi2. The second-order valence-electron chi connectivity index (χ2n) is 9.58. The van der Waals surface area contributed by atoms with Crippen LogP contribution in [0.15, 0.2) is 48.5 Å². The number of nitrogens with one attached hydrogen (secondary N) is 2. The highest BCUT2D eigenvalue weighted by atomic mass is 28.4. The maximum Gasteiger partial charge on any atom is 0.206 e. The second kappa shape index (κ2) is 12.7. The Hall–Kier alpha value is -1.25. The fraction of sp³-hybridized carbons (Fsp3) is 0.538. The molecule has 0 saturated heterocycles. The van der Waals surface area contributed by atoms with Crippen LogP contribution < -0.4 is 21.0 Å². The van der Waals surface area contributed by atoms with Crippen molar-refractivity contribution in [2.24, 2.45) is 0 Å². The Kier molecular flexibility index (Phi) is 10.7. The van der Waals surface area contributed by atoms with E-state index in [9.17, 15) is 0 Å². The number of hydrogen-bond donors (Lipinski definition) is 2. The molecule has 0 fully saturated rings. The van der Waals surface area contributed by atoms with Gasteiger partial charge in [0.1, 0.15) is 0 Å². The summed E-state index contributed by atoms with van der Waals surface area (Å²) in [6.07, 6.45) is 4.95. The van der Waals surface area contributed by atoms with Gasteiger partial charge in [-0.25, -0.2) is 0 Å². The summed E-state index contributed by atoms with van der Waals surface area (Å²) >= 11 is 0. The third-order valence-corrected chi connectivity index (χ3v) is 13.4. The number of rotatable bonds is 14. The van der Waals surface area contributed by atoms with Crippen LogP contribution in [0.5, 0.6) is 0 Å². The first-order valence-corrected chi connectivity index (χ1v) is 17.9. The maximum atomic E-state index is 6.95. The van der Waals surface area contributed by atoms with Crippen LogP contribution in [0.2, 0.25) is 26.2 Å². The molecule has 0 amide bonds. The molecule has 2 rings (SSSR count). The molecule has 0 heterocycles. The molecule has 2 aromatic rings. The molecule has 0 spiro atoms. The summed E-state index contributed by atoms with van der Waals surface area (Å²) in [5.74, 6) is 0. The fourth-order valence-electron chi connectivity index (χ4n) is 3.87. The van der Waals surface area contributed by atoms with E-state index in [2.05, 4.69) is 99.2 Å². The molecule has 0 bridgehead atoms. The van der Waals surface area contributed by atoms with E-state index < -0.39 is 16.6 Å². The minimum absolute atomic E-state index is 0.947. The van der Waals surface area contributed by atoms with E-state index in [1.807, 2.05) is 0 Å². The highest BCUT2D eigenvalue weighted by molar-refractivity contribution is 6.96. The first-order chi connectivity index (χ1) is 14.8. The van der Waals surface area contributed by atoms with Crippen LogP contribution in [0, 0.1) is 0 Å². The van der Waals surface area contributed by atoms with Gasteiger partial charge < -0.3 is 14.7 Å². The van der Waals surface area contributed by atoms with E-state index in [4.69, 9.17) is 4.12 Å². The Morgan fingerprint density at radius 3 is 1.29 bits per heavy atom. The fourth-order valence-corrected chi connectivity index (χ4v) is 11.9. The highest BCUT2D eigenvalue weighted by Gasteiger charge is 2.35. The summed E-state index contributed by atoms with van der Waals surface area (Å²) in [7, 11) is -3.96. The SMILES string of the molecule is CCCCNCc1ccc([Si](C)(C)O[Si](C)(C)c2ccc(CNCCCC)cc2)cc1. The zero-order valence-corrected chi connectivity index (χ0v) is 22.7. The Bertz CT molecular complexity index is 692. The van der Waals surface area contributed by atoms with E-state index in [1.165, 1.54) is 47.2 Å². The van der Waals surface area contributed by atoms with Crippen molar-refractivity contribution >= 4 is 27.0 Å². The summed E-state index contributed by atoms with van der Waals surface area (Å²) in [6.45, 7) is 17.9. The molecule has 5 heteroatoms. The van der Waals surface area contributed by atoms with Crippen molar-refractivity contribution in [3.05, 3.63) is 59.7 Å². The summed E-state index contributed by atoms with van der Waals surface area (Å²) in [5.41, 5.74) is 2.70. The van der Waals surface area contributed by atoms with Gasteiger partial charge in [0.05, 0.1) is 0 Å². The average Bonchev–Trinajstić information content (AvgIpc) is 2.74. The van der Waals surface area contributed by atoms with Gasteiger partial charge in [-0.2, -0.15) is 0 Å². The standard InChI is InChI=1S/C26H44N2OSi2/c1-7-9-19-27-21-23-11-15-25(16-12-23)30(3,4)29-31(5,6)26-17-13-24(14-18-26)22-28-20-10-8-2/h11-18,27-28H,7-10,19-22H2,1-6H3. The van der Waals surface area contributed by atoms with Crippen molar-refractivity contribution in [2.75, 3.05) is 13.1 Å². The minimum Gasteiger partial charge on any atom is -0.449 e. The van der Waals surface area contributed by atoms with Gasteiger partial charge in [0.25, 0.3) is 0 Å². The molecule has 0 aliphatic heterocycles. The predicted molar refractivity (Wildman–Crippen MR) is 141 cm³/mol. The lowest BCUT2D eigenvalue weighted by Crippen LogP contribution is -2.57. The monoisotopic (exact) mass is 456 g/mol. The number of benzene rings is 2. The third-order valence-electron chi connectivity index (χ3n) is 5.88. The second-order valence-corrected chi connectivity index (χ2v) is 17.6. The number of unbranched alkanes of at least 4 members (excludes halogenated alkanes) is 2. The van der Waals surface area contributed by atoms with E-state index in [-0.39, 0.29) is 0 Å². The zero-order chi connectivity index (χ0) is 22.7. The molecule has 0 saturated carbocycles. The van der Waals surface area contributed by atoms with Crippen molar-refractivity contribution in [2.45, 2.75) is 78.8 Å². The Balaban J connectivity index is 1.97. The van der Waals surface area contributed by atoms with Gasteiger partial charge in [0, 0.05) is 13.1 Å². The van der Waals surface area contributed by atoms with E-state index in [0.29, 0.717) is 0 Å². The largest absolute Gasteiger partial charge is 0.449 e. The molecule has 0 aromatic heterocycles.